The Bertz CT molecular complexity index is 648. The molecule has 1 fully saturated rings. The van der Waals surface area contributed by atoms with Crippen LogP contribution < -0.4 is 5.32 Å². The van der Waals surface area contributed by atoms with Crippen LogP contribution in [-0.4, -0.2) is 38.8 Å². The maximum Gasteiger partial charge on any atom is 0.317 e. The van der Waals surface area contributed by atoms with Crippen LogP contribution in [0.25, 0.3) is 0 Å². The third kappa shape index (κ3) is 3.82. The maximum absolute atomic E-state index is 13.1. The Morgan fingerprint density at radius 3 is 2.35 bits per heavy atom. The van der Waals surface area contributed by atoms with Crippen LogP contribution in [0.2, 0.25) is 0 Å². The van der Waals surface area contributed by atoms with Gasteiger partial charge in [0.15, 0.2) is 0 Å². The van der Waals surface area contributed by atoms with Crippen LogP contribution in [0.5, 0.6) is 0 Å². The van der Waals surface area contributed by atoms with E-state index >= 15 is 0 Å². The summed E-state index contributed by atoms with van der Waals surface area (Å²) >= 11 is 0. The topological polar surface area (TPSA) is 63.1 Å². The van der Waals surface area contributed by atoms with E-state index in [1.54, 1.807) is 17.6 Å². The number of hydrogen-bond acceptors (Lipinski definition) is 3. The smallest absolute Gasteiger partial charge is 0.317 e. The molecule has 0 atom stereocenters. The van der Waals surface area contributed by atoms with E-state index in [0.29, 0.717) is 24.7 Å². The van der Waals surface area contributed by atoms with Gasteiger partial charge in [-0.3, -0.25) is 0 Å². The SMILES string of the molecule is O=C(NCc1cc(F)cc(F)c1)N1CCC(n2cnnc2)CC1. The number of nitrogens with one attached hydrogen (secondary N) is 1. The molecule has 0 unspecified atom stereocenters. The zero-order valence-electron chi connectivity index (χ0n) is 12.5. The minimum Gasteiger partial charge on any atom is -0.334 e. The molecule has 1 aromatic heterocycles. The predicted molar refractivity (Wildman–Crippen MR) is 78.5 cm³/mol. The lowest BCUT2D eigenvalue weighted by Crippen LogP contribution is -2.44. The second-order valence-electron chi connectivity index (χ2n) is 5.56. The molecule has 1 aromatic carbocycles. The third-order valence-electron chi connectivity index (χ3n) is 3.98. The highest BCUT2D eigenvalue weighted by Crippen LogP contribution is 2.21. The Morgan fingerprint density at radius 2 is 1.74 bits per heavy atom. The van der Waals surface area contributed by atoms with E-state index in [2.05, 4.69) is 15.5 Å². The van der Waals surface area contributed by atoms with Crippen LogP contribution in [0.1, 0.15) is 24.4 Å². The van der Waals surface area contributed by atoms with Crippen molar-refractivity contribution in [2.24, 2.45) is 0 Å². The summed E-state index contributed by atoms with van der Waals surface area (Å²) in [5, 5.41) is 10.3. The number of carbonyl (C=O) groups is 1. The van der Waals surface area contributed by atoms with Crippen molar-refractivity contribution in [3.05, 3.63) is 48.1 Å². The summed E-state index contributed by atoms with van der Waals surface area (Å²) in [7, 11) is 0. The summed E-state index contributed by atoms with van der Waals surface area (Å²) in [5.41, 5.74) is 0.398. The molecule has 1 aliphatic rings. The third-order valence-corrected chi connectivity index (χ3v) is 3.98. The molecule has 0 radical (unpaired) electrons. The minimum absolute atomic E-state index is 0.0961. The highest BCUT2D eigenvalue weighted by molar-refractivity contribution is 5.74. The highest BCUT2D eigenvalue weighted by Gasteiger charge is 2.23. The van der Waals surface area contributed by atoms with Crippen molar-refractivity contribution in [3.8, 4) is 0 Å². The van der Waals surface area contributed by atoms with Crippen molar-refractivity contribution in [1.29, 1.82) is 0 Å². The lowest BCUT2D eigenvalue weighted by molar-refractivity contribution is 0.171. The second-order valence-corrected chi connectivity index (χ2v) is 5.56. The van der Waals surface area contributed by atoms with E-state index in [1.807, 2.05) is 4.57 Å². The van der Waals surface area contributed by atoms with Crippen LogP contribution in [0.15, 0.2) is 30.9 Å². The van der Waals surface area contributed by atoms with E-state index in [4.69, 9.17) is 0 Å². The lowest BCUT2D eigenvalue weighted by atomic mass is 10.1. The van der Waals surface area contributed by atoms with Crippen LogP contribution in [0, 0.1) is 11.6 Å². The number of likely N-dealkylation sites (tertiary alicyclic amines) is 1. The van der Waals surface area contributed by atoms with E-state index in [1.165, 1.54) is 12.1 Å². The average Bonchev–Trinajstić information content (AvgIpc) is 3.06. The number of piperidine rings is 1. The van der Waals surface area contributed by atoms with Gasteiger partial charge in [0.05, 0.1) is 0 Å². The molecule has 2 amide bonds. The molecular weight excluding hydrogens is 304 g/mol. The standard InChI is InChI=1S/C15H17F2N5O/c16-12-5-11(6-13(17)7-12)8-18-15(23)21-3-1-14(2-4-21)22-9-19-20-10-22/h5-7,9-10,14H,1-4,8H2,(H,18,23). The van der Waals surface area contributed by atoms with Gasteiger partial charge < -0.3 is 14.8 Å². The molecule has 2 aromatic rings. The molecule has 0 saturated carbocycles. The molecule has 1 aliphatic heterocycles. The number of carbonyl (C=O) groups excluding carboxylic acids is 1. The fourth-order valence-corrected chi connectivity index (χ4v) is 2.77. The maximum atomic E-state index is 13.1. The van der Waals surface area contributed by atoms with Gasteiger partial charge in [0.2, 0.25) is 0 Å². The predicted octanol–water partition coefficient (Wildman–Crippen LogP) is 2.10. The van der Waals surface area contributed by atoms with E-state index in [9.17, 15) is 13.6 Å². The molecule has 6 nitrogen and oxygen atoms in total. The Hall–Kier alpha value is -2.51. The molecule has 1 N–H and O–H groups in total. The number of rotatable bonds is 3. The number of benzene rings is 1. The van der Waals surface area contributed by atoms with Gasteiger partial charge in [-0.15, -0.1) is 10.2 Å². The Kier molecular flexibility index (Phi) is 4.50. The van der Waals surface area contributed by atoms with Crippen molar-refractivity contribution in [1.82, 2.24) is 25.0 Å². The summed E-state index contributed by atoms with van der Waals surface area (Å²) in [5.74, 6) is -1.30. The highest BCUT2D eigenvalue weighted by atomic mass is 19.1. The number of nitrogens with zero attached hydrogens (tertiary/aromatic N) is 4. The van der Waals surface area contributed by atoms with Gasteiger partial charge in [-0.1, -0.05) is 0 Å². The molecule has 0 spiro atoms. The van der Waals surface area contributed by atoms with Gasteiger partial charge in [0.1, 0.15) is 24.3 Å². The fraction of sp³-hybridized carbons (Fsp3) is 0.400. The van der Waals surface area contributed by atoms with Crippen LogP contribution in [0.3, 0.4) is 0 Å². The first-order valence-electron chi connectivity index (χ1n) is 7.43. The monoisotopic (exact) mass is 321 g/mol. The molecular formula is C15H17F2N5O. The molecule has 1 saturated heterocycles. The lowest BCUT2D eigenvalue weighted by Gasteiger charge is -2.32. The Balaban J connectivity index is 1.49. The average molecular weight is 321 g/mol. The van der Waals surface area contributed by atoms with E-state index < -0.39 is 11.6 Å². The summed E-state index contributed by atoms with van der Waals surface area (Å²) in [4.78, 5) is 13.8. The summed E-state index contributed by atoms with van der Waals surface area (Å²) < 4.78 is 28.2. The van der Waals surface area contributed by atoms with E-state index in [0.717, 1.165) is 18.9 Å². The normalized spacial score (nSPS) is 15.7. The molecule has 0 bridgehead atoms. The van der Waals surface area contributed by atoms with Crippen molar-refractivity contribution in [2.75, 3.05) is 13.1 Å². The molecule has 2 heterocycles. The quantitative estimate of drug-likeness (QED) is 0.942. The molecule has 122 valence electrons. The van der Waals surface area contributed by atoms with E-state index in [-0.39, 0.29) is 12.6 Å². The van der Waals surface area contributed by atoms with Crippen LogP contribution in [-0.2, 0) is 6.54 Å². The zero-order chi connectivity index (χ0) is 16.2. The summed E-state index contributed by atoms with van der Waals surface area (Å²) in [6.07, 6.45) is 5.00. The second kappa shape index (κ2) is 6.72. The largest absolute Gasteiger partial charge is 0.334 e. The van der Waals surface area contributed by atoms with Gasteiger partial charge >= 0.3 is 6.03 Å². The van der Waals surface area contributed by atoms with Crippen LogP contribution >= 0.6 is 0 Å². The summed E-state index contributed by atoms with van der Waals surface area (Å²) in [6, 6.07) is 3.30. The van der Waals surface area contributed by atoms with Gasteiger partial charge in [-0.25, -0.2) is 13.6 Å². The first-order chi connectivity index (χ1) is 11.1. The molecule has 23 heavy (non-hydrogen) atoms. The molecule has 0 aliphatic carbocycles. The summed E-state index contributed by atoms with van der Waals surface area (Å²) in [6.45, 7) is 1.33. The first kappa shape index (κ1) is 15.4. The van der Waals surface area contributed by atoms with Crippen molar-refractivity contribution < 1.29 is 13.6 Å². The van der Waals surface area contributed by atoms with Crippen LogP contribution in [0.4, 0.5) is 13.6 Å². The number of aromatic nitrogens is 3. The van der Waals surface area contributed by atoms with Gasteiger partial charge in [0.25, 0.3) is 0 Å². The number of urea groups is 1. The number of halogens is 2. The number of amides is 2. The van der Waals surface area contributed by atoms with Crippen molar-refractivity contribution in [2.45, 2.75) is 25.4 Å². The van der Waals surface area contributed by atoms with Gasteiger partial charge in [-0.2, -0.15) is 0 Å². The Labute approximate surface area is 132 Å². The van der Waals surface area contributed by atoms with Gasteiger partial charge in [-0.05, 0) is 30.5 Å². The van der Waals surface area contributed by atoms with Crippen molar-refractivity contribution in [3.63, 3.8) is 0 Å². The van der Waals surface area contributed by atoms with Crippen molar-refractivity contribution >= 4 is 6.03 Å². The minimum atomic E-state index is -0.649. The van der Waals surface area contributed by atoms with Gasteiger partial charge in [0, 0.05) is 31.7 Å². The number of hydrogen-bond donors (Lipinski definition) is 1. The fourth-order valence-electron chi connectivity index (χ4n) is 2.77. The Morgan fingerprint density at radius 1 is 1.13 bits per heavy atom. The zero-order valence-corrected chi connectivity index (χ0v) is 12.5. The molecule has 3 rings (SSSR count). The first-order valence-corrected chi connectivity index (χ1v) is 7.43. The molecule has 8 heteroatoms.